The minimum Gasteiger partial charge on any atom is -0.444 e. The Morgan fingerprint density at radius 2 is 1.88 bits per heavy atom. The molecule has 0 radical (unpaired) electrons. The van der Waals surface area contributed by atoms with E-state index in [0.29, 0.717) is 11.4 Å². The first-order chi connectivity index (χ1) is 16.4. The molecule has 0 saturated heterocycles. The Kier molecular flexibility index (Phi) is 6.60. The van der Waals surface area contributed by atoms with Crippen LogP contribution >= 0.6 is 11.6 Å². The van der Waals surface area contributed by atoms with Crippen LogP contribution in [0.1, 0.15) is 22.0 Å². The number of hydrogen-bond acceptors (Lipinski definition) is 7. The van der Waals surface area contributed by atoms with Crippen LogP contribution in [-0.4, -0.2) is 31.6 Å². The molecule has 10 nitrogen and oxygen atoms in total. The van der Waals surface area contributed by atoms with Gasteiger partial charge in [-0.25, -0.2) is 14.5 Å². The molecule has 0 aliphatic heterocycles. The van der Waals surface area contributed by atoms with Gasteiger partial charge in [0.15, 0.2) is 5.82 Å². The van der Waals surface area contributed by atoms with Crippen LogP contribution in [0.2, 0.25) is 5.02 Å². The van der Waals surface area contributed by atoms with Gasteiger partial charge in [-0.05, 0) is 30.3 Å². The third kappa shape index (κ3) is 5.08. The third-order valence-electron chi connectivity index (χ3n) is 4.70. The number of ether oxygens (including phenoxy) is 1. The second-order valence-corrected chi connectivity index (χ2v) is 7.37. The van der Waals surface area contributed by atoms with Gasteiger partial charge in [-0.2, -0.15) is 5.10 Å². The molecule has 0 fully saturated rings. The van der Waals surface area contributed by atoms with Crippen LogP contribution in [0.15, 0.2) is 85.3 Å². The highest BCUT2D eigenvalue weighted by Gasteiger charge is 2.27. The Morgan fingerprint density at radius 1 is 1.09 bits per heavy atom. The number of nitrogens with one attached hydrogen (secondary N) is 1. The molecule has 1 amide bonds. The number of nitro benzene ring substituents is 1. The largest absolute Gasteiger partial charge is 0.444 e. The first kappa shape index (κ1) is 22.6. The van der Waals surface area contributed by atoms with Gasteiger partial charge in [-0.15, -0.1) is 0 Å². The van der Waals surface area contributed by atoms with E-state index in [2.05, 4.69) is 15.4 Å². The van der Waals surface area contributed by atoms with Crippen molar-refractivity contribution in [3.8, 4) is 5.82 Å². The van der Waals surface area contributed by atoms with E-state index in [-0.39, 0.29) is 22.0 Å². The van der Waals surface area contributed by atoms with E-state index in [1.165, 1.54) is 29.1 Å². The van der Waals surface area contributed by atoms with Gasteiger partial charge >= 0.3 is 5.97 Å². The minimum atomic E-state index is -1.32. The number of nitrogens with zero attached hydrogens (tertiary/aromatic N) is 4. The average Bonchev–Trinajstić information content (AvgIpc) is 3.39. The summed E-state index contributed by atoms with van der Waals surface area (Å²) in [4.78, 5) is 40.5. The highest BCUT2D eigenvalue weighted by atomic mass is 35.5. The average molecular weight is 478 g/mol. The number of pyridine rings is 1. The number of carbonyl (C=O) groups is 2. The third-order valence-corrected chi connectivity index (χ3v) is 5.02. The second kappa shape index (κ2) is 9.92. The van der Waals surface area contributed by atoms with Crippen molar-refractivity contribution in [3.63, 3.8) is 0 Å². The first-order valence-electron chi connectivity index (χ1n) is 9.89. The second-order valence-electron chi connectivity index (χ2n) is 6.96. The van der Waals surface area contributed by atoms with Gasteiger partial charge < -0.3 is 10.1 Å². The van der Waals surface area contributed by atoms with E-state index in [1.54, 1.807) is 54.9 Å². The van der Waals surface area contributed by atoms with E-state index in [9.17, 15) is 19.7 Å². The van der Waals surface area contributed by atoms with Crippen molar-refractivity contribution in [3.05, 3.63) is 112 Å². The van der Waals surface area contributed by atoms with Crippen molar-refractivity contribution in [1.82, 2.24) is 14.8 Å². The summed E-state index contributed by atoms with van der Waals surface area (Å²) in [7, 11) is 0. The van der Waals surface area contributed by atoms with Crippen LogP contribution in [-0.2, 0) is 9.53 Å². The van der Waals surface area contributed by atoms with Gasteiger partial charge in [0.25, 0.3) is 11.6 Å². The number of benzene rings is 2. The molecule has 11 heteroatoms. The molecular formula is C23H16ClN5O5. The van der Waals surface area contributed by atoms with E-state index in [1.807, 2.05) is 0 Å². The zero-order valence-electron chi connectivity index (χ0n) is 17.4. The number of rotatable bonds is 7. The molecule has 1 N–H and O–H groups in total. The number of anilines is 1. The monoisotopic (exact) mass is 477 g/mol. The molecule has 170 valence electrons. The van der Waals surface area contributed by atoms with Gasteiger partial charge in [-0.1, -0.05) is 41.9 Å². The zero-order chi connectivity index (χ0) is 24.1. The molecule has 34 heavy (non-hydrogen) atoms. The summed E-state index contributed by atoms with van der Waals surface area (Å²) < 4.78 is 7.04. The fourth-order valence-electron chi connectivity index (χ4n) is 3.06. The minimum absolute atomic E-state index is 0.0694. The highest BCUT2D eigenvalue weighted by molar-refractivity contribution is 6.32. The van der Waals surface area contributed by atoms with Gasteiger partial charge in [-0.3, -0.25) is 14.9 Å². The van der Waals surface area contributed by atoms with Crippen molar-refractivity contribution in [2.75, 3.05) is 5.32 Å². The van der Waals surface area contributed by atoms with Gasteiger partial charge in [0.1, 0.15) is 5.02 Å². The maximum atomic E-state index is 13.0. The summed E-state index contributed by atoms with van der Waals surface area (Å²) in [6.45, 7) is 0. The van der Waals surface area contributed by atoms with Crippen LogP contribution in [0.25, 0.3) is 5.82 Å². The number of halogens is 1. The van der Waals surface area contributed by atoms with Crippen LogP contribution in [0.3, 0.4) is 0 Å². The Balaban J connectivity index is 1.56. The molecule has 2 aromatic heterocycles. The molecule has 4 aromatic rings. The number of nitro groups is 1. The normalized spacial score (nSPS) is 11.4. The lowest BCUT2D eigenvalue weighted by molar-refractivity contribution is -0.384. The molecule has 0 saturated carbocycles. The maximum absolute atomic E-state index is 13.0. The fraction of sp³-hybridized carbons (Fsp3) is 0.0435. The van der Waals surface area contributed by atoms with Crippen LogP contribution in [0, 0.1) is 10.1 Å². The van der Waals surface area contributed by atoms with Gasteiger partial charge in [0.2, 0.25) is 6.10 Å². The van der Waals surface area contributed by atoms with Crippen molar-refractivity contribution >= 4 is 34.9 Å². The lowest BCUT2D eigenvalue weighted by Gasteiger charge is -2.18. The lowest BCUT2D eigenvalue weighted by Crippen LogP contribution is -2.26. The van der Waals surface area contributed by atoms with Crippen molar-refractivity contribution < 1.29 is 19.2 Å². The number of hydrogen-bond donors (Lipinski definition) is 1. The van der Waals surface area contributed by atoms with Crippen LogP contribution in [0.4, 0.5) is 11.4 Å². The summed E-state index contributed by atoms with van der Waals surface area (Å²) in [5.74, 6) is -0.967. The lowest BCUT2D eigenvalue weighted by atomic mass is 10.1. The smallest absolute Gasteiger partial charge is 0.340 e. The Bertz CT molecular complexity index is 1330. The molecular weight excluding hydrogens is 462 g/mol. The molecule has 1 atom stereocenters. The summed E-state index contributed by atoms with van der Waals surface area (Å²) in [6, 6.07) is 17.1. The quantitative estimate of drug-likeness (QED) is 0.238. The summed E-state index contributed by atoms with van der Waals surface area (Å²) in [6.07, 6.45) is 3.30. The molecule has 2 aromatic carbocycles. The Hall–Kier alpha value is -4.57. The molecule has 2 heterocycles. The summed E-state index contributed by atoms with van der Waals surface area (Å²) in [5.41, 5.74) is 0.309. The number of esters is 1. The molecule has 0 aliphatic rings. The molecule has 0 spiro atoms. The molecule has 0 aliphatic carbocycles. The van der Waals surface area contributed by atoms with Crippen LogP contribution < -0.4 is 5.32 Å². The van der Waals surface area contributed by atoms with Crippen molar-refractivity contribution in [2.24, 2.45) is 0 Å². The van der Waals surface area contributed by atoms with E-state index in [0.717, 1.165) is 6.07 Å². The molecule has 0 bridgehead atoms. The van der Waals surface area contributed by atoms with E-state index in [4.69, 9.17) is 16.3 Å². The summed E-state index contributed by atoms with van der Waals surface area (Å²) >= 11 is 5.83. The fourth-order valence-corrected chi connectivity index (χ4v) is 3.25. The first-order valence-corrected chi connectivity index (χ1v) is 10.3. The van der Waals surface area contributed by atoms with Crippen LogP contribution in [0.5, 0.6) is 0 Å². The van der Waals surface area contributed by atoms with Crippen molar-refractivity contribution in [2.45, 2.75) is 6.10 Å². The highest BCUT2D eigenvalue weighted by Crippen LogP contribution is 2.28. The predicted octanol–water partition coefficient (Wildman–Crippen LogP) is 4.37. The summed E-state index contributed by atoms with van der Waals surface area (Å²) in [5, 5.41) is 17.7. The predicted molar refractivity (Wildman–Crippen MR) is 123 cm³/mol. The van der Waals surface area contributed by atoms with Crippen molar-refractivity contribution in [1.29, 1.82) is 0 Å². The Morgan fingerprint density at radius 3 is 2.53 bits per heavy atom. The van der Waals surface area contributed by atoms with E-state index < -0.39 is 22.9 Å². The zero-order valence-corrected chi connectivity index (χ0v) is 18.1. The standard InChI is InChI=1S/C23H16ClN5O5/c24-18-9-8-17(13-19(18)29(32)33)27-22(30)21(15-5-2-1-3-6-15)34-23(31)16-7-10-20(25-14-16)28-12-4-11-26-28/h1-14,21H,(H,27,30)/t21-/m1/s1. The number of amides is 1. The van der Waals surface area contributed by atoms with Gasteiger partial charge in [0, 0.05) is 35.9 Å². The number of carbonyl (C=O) groups excluding carboxylic acids is 2. The SMILES string of the molecule is O=C(O[C@@H](C(=O)Nc1ccc(Cl)c([N+](=O)[O-])c1)c1ccccc1)c1ccc(-n2cccn2)nc1. The molecule has 4 rings (SSSR count). The maximum Gasteiger partial charge on any atom is 0.340 e. The molecule has 0 unspecified atom stereocenters. The number of aromatic nitrogens is 3. The van der Waals surface area contributed by atoms with E-state index >= 15 is 0 Å². The van der Waals surface area contributed by atoms with Gasteiger partial charge in [0.05, 0.1) is 10.5 Å². The Labute approximate surface area is 197 Å². The topological polar surface area (TPSA) is 129 Å².